The van der Waals surface area contributed by atoms with E-state index < -0.39 is 13.4 Å². The summed E-state index contributed by atoms with van der Waals surface area (Å²) in [5, 5.41) is 0. The van der Waals surface area contributed by atoms with Crippen LogP contribution in [-0.2, 0) is 21.9 Å². The molecule has 2 aliphatic carbocycles. The Morgan fingerprint density at radius 3 is 2.86 bits per heavy atom. The molecule has 5 nitrogen and oxygen atoms in total. The van der Waals surface area contributed by atoms with Crippen molar-refractivity contribution in [2.45, 2.75) is 75.7 Å². The number of hydrogen-bond donors (Lipinski definition) is 3. The molecule has 0 unspecified atom stereocenters. The zero-order valence-electron chi connectivity index (χ0n) is 16.7. The third-order valence-electron chi connectivity index (χ3n) is 6.47. The number of benzene rings is 1. The Kier molecular flexibility index (Phi) is 7.17. The highest BCUT2D eigenvalue weighted by Gasteiger charge is 2.38. The van der Waals surface area contributed by atoms with Gasteiger partial charge >= 0.3 is 7.82 Å². The maximum atomic E-state index is 11.0. The minimum atomic E-state index is -4.47. The van der Waals surface area contributed by atoms with Gasteiger partial charge in [0.2, 0.25) is 0 Å². The fourth-order valence-corrected chi connectivity index (χ4v) is 5.28. The van der Waals surface area contributed by atoms with Gasteiger partial charge in [0.05, 0.1) is 6.61 Å². The first-order chi connectivity index (χ1) is 13.3. The van der Waals surface area contributed by atoms with E-state index in [4.69, 9.17) is 15.5 Å². The van der Waals surface area contributed by atoms with E-state index in [0.29, 0.717) is 12.3 Å². The van der Waals surface area contributed by atoms with Crippen molar-refractivity contribution in [3.63, 3.8) is 0 Å². The van der Waals surface area contributed by atoms with Crippen molar-refractivity contribution in [3.8, 4) is 0 Å². The van der Waals surface area contributed by atoms with Crippen molar-refractivity contribution in [1.82, 2.24) is 0 Å². The van der Waals surface area contributed by atoms with Gasteiger partial charge in [0, 0.05) is 5.54 Å². The minimum absolute atomic E-state index is 0.0910. The average Bonchev–Trinajstić information content (AvgIpc) is 3.05. The molecule has 0 amide bonds. The van der Waals surface area contributed by atoms with Crippen LogP contribution >= 0.6 is 7.82 Å². The van der Waals surface area contributed by atoms with Gasteiger partial charge in [-0.15, -0.1) is 6.58 Å². The summed E-state index contributed by atoms with van der Waals surface area (Å²) in [7, 11) is -4.47. The number of phosphoric ester groups is 1. The lowest BCUT2D eigenvalue weighted by molar-refractivity contribution is 0.153. The number of fused-ring (bicyclic) bond motifs is 1. The van der Waals surface area contributed by atoms with Gasteiger partial charge < -0.3 is 15.5 Å². The molecule has 0 heterocycles. The van der Waals surface area contributed by atoms with E-state index in [2.05, 4.69) is 29.3 Å². The van der Waals surface area contributed by atoms with E-state index in [1.807, 2.05) is 6.08 Å². The summed E-state index contributed by atoms with van der Waals surface area (Å²) in [5.41, 5.74) is 9.96. The van der Waals surface area contributed by atoms with Crippen molar-refractivity contribution < 1.29 is 18.9 Å². The van der Waals surface area contributed by atoms with Crippen molar-refractivity contribution in [3.05, 3.63) is 47.5 Å². The fourth-order valence-electron chi connectivity index (χ4n) is 4.86. The number of aryl methyl sites for hydroxylation is 1. The highest BCUT2D eigenvalue weighted by molar-refractivity contribution is 7.46. The summed E-state index contributed by atoms with van der Waals surface area (Å²) in [6, 6.07) is 6.88. The highest BCUT2D eigenvalue weighted by atomic mass is 31.2. The lowest BCUT2D eigenvalue weighted by Crippen LogP contribution is -2.41. The molecule has 3 rings (SSSR count). The van der Waals surface area contributed by atoms with Crippen LogP contribution in [0.5, 0.6) is 0 Å². The maximum Gasteiger partial charge on any atom is 0.469 e. The lowest BCUT2D eigenvalue weighted by Gasteiger charge is -2.27. The van der Waals surface area contributed by atoms with Crippen LogP contribution < -0.4 is 5.73 Å². The van der Waals surface area contributed by atoms with Crippen LogP contribution in [0, 0.1) is 5.92 Å². The van der Waals surface area contributed by atoms with Crippen molar-refractivity contribution in [1.29, 1.82) is 0 Å². The summed E-state index contributed by atoms with van der Waals surface area (Å²) in [6.45, 7) is 3.70. The molecule has 6 heteroatoms. The van der Waals surface area contributed by atoms with Crippen molar-refractivity contribution in [2.24, 2.45) is 11.7 Å². The van der Waals surface area contributed by atoms with E-state index >= 15 is 0 Å². The van der Waals surface area contributed by atoms with Crippen molar-refractivity contribution >= 4 is 7.82 Å². The molecule has 1 saturated carbocycles. The van der Waals surface area contributed by atoms with Crippen LogP contribution in [0.1, 0.15) is 74.0 Å². The third kappa shape index (κ3) is 6.01. The normalized spacial score (nSPS) is 27.5. The third-order valence-corrected chi connectivity index (χ3v) is 6.93. The molecule has 1 aromatic carbocycles. The second-order valence-electron chi connectivity index (χ2n) is 8.78. The summed E-state index contributed by atoms with van der Waals surface area (Å²) < 4.78 is 15.7. The summed E-state index contributed by atoms with van der Waals surface area (Å²) in [4.78, 5) is 17.9. The quantitative estimate of drug-likeness (QED) is 0.316. The zero-order valence-corrected chi connectivity index (χ0v) is 17.6. The van der Waals surface area contributed by atoms with E-state index in [1.165, 1.54) is 48.8 Å². The summed E-state index contributed by atoms with van der Waals surface area (Å²) in [5.74, 6) is 1.14. The molecular weight excluding hydrogens is 373 g/mol. The van der Waals surface area contributed by atoms with Crippen LogP contribution in [0.15, 0.2) is 30.9 Å². The number of unbranched alkanes of at least 4 members (excludes halogenated alkanes) is 2. The number of nitrogens with two attached hydrogens (primary N) is 1. The minimum Gasteiger partial charge on any atom is -0.323 e. The molecule has 0 bridgehead atoms. The van der Waals surface area contributed by atoms with Gasteiger partial charge in [0.1, 0.15) is 0 Å². The molecule has 1 fully saturated rings. The van der Waals surface area contributed by atoms with Gasteiger partial charge in [-0.3, -0.25) is 4.52 Å². The Morgan fingerprint density at radius 2 is 2.11 bits per heavy atom. The second-order valence-corrected chi connectivity index (χ2v) is 10.0. The molecule has 0 spiro atoms. The van der Waals surface area contributed by atoms with Gasteiger partial charge in [-0.1, -0.05) is 37.1 Å². The standard InChI is InChI=1S/C22H34NO4P/c1-2-3-4-5-6-17-7-8-19-14-20(10-9-18(19)13-17)21-11-12-22(23,15-21)16-27-28(24,25)26/h2,9-10,14,17,21H,1,3-8,11-13,15-16,23H2,(H2,24,25,26)/t17-,21+,22-/m1/s1. The lowest BCUT2D eigenvalue weighted by atomic mass is 9.79. The molecule has 0 aromatic heterocycles. The number of allylic oxidation sites excluding steroid dienone is 1. The topological polar surface area (TPSA) is 92.8 Å². The Balaban J connectivity index is 1.56. The molecule has 156 valence electrons. The Bertz CT molecular complexity index is 731. The number of phosphoric acid groups is 1. The Morgan fingerprint density at radius 1 is 1.29 bits per heavy atom. The summed E-state index contributed by atoms with van der Waals surface area (Å²) >= 11 is 0. The van der Waals surface area contributed by atoms with E-state index in [0.717, 1.165) is 31.6 Å². The van der Waals surface area contributed by atoms with Crippen molar-refractivity contribution in [2.75, 3.05) is 6.61 Å². The summed E-state index contributed by atoms with van der Waals surface area (Å²) in [6.07, 6.45) is 13.0. The van der Waals surface area contributed by atoms with Crippen LogP contribution in [0.25, 0.3) is 0 Å². The fraction of sp³-hybridized carbons (Fsp3) is 0.636. The number of rotatable bonds is 9. The molecule has 0 saturated heterocycles. The predicted octanol–water partition coefficient (Wildman–Crippen LogP) is 4.61. The smallest absolute Gasteiger partial charge is 0.323 e. The van der Waals surface area contributed by atoms with E-state index in [-0.39, 0.29) is 6.61 Å². The van der Waals surface area contributed by atoms with Gasteiger partial charge in [0.15, 0.2) is 0 Å². The second kappa shape index (κ2) is 9.23. The molecule has 2 aliphatic rings. The SMILES string of the molecule is C=CCCCC[C@@H]1CCc2cc([C@H]3CC[C@](N)(COP(=O)(O)O)C3)ccc2C1. The van der Waals surface area contributed by atoms with E-state index in [1.54, 1.807) is 0 Å². The monoisotopic (exact) mass is 407 g/mol. The Labute approximate surface area is 168 Å². The zero-order chi connectivity index (χ0) is 20.2. The predicted molar refractivity (Wildman–Crippen MR) is 112 cm³/mol. The molecular formula is C22H34NO4P. The molecule has 3 atom stereocenters. The van der Waals surface area contributed by atoms with Crippen LogP contribution in [0.3, 0.4) is 0 Å². The van der Waals surface area contributed by atoms with Crippen LogP contribution in [0.4, 0.5) is 0 Å². The largest absolute Gasteiger partial charge is 0.469 e. The van der Waals surface area contributed by atoms with E-state index in [9.17, 15) is 4.57 Å². The molecule has 0 radical (unpaired) electrons. The first-order valence-corrected chi connectivity index (χ1v) is 12.0. The first-order valence-electron chi connectivity index (χ1n) is 10.5. The van der Waals surface area contributed by atoms with Crippen LogP contribution in [0.2, 0.25) is 0 Å². The average molecular weight is 407 g/mol. The van der Waals surface area contributed by atoms with Gasteiger partial charge in [-0.05, 0) is 79.9 Å². The van der Waals surface area contributed by atoms with Gasteiger partial charge in [0.25, 0.3) is 0 Å². The Hall–Kier alpha value is -0.970. The molecule has 0 aliphatic heterocycles. The van der Waals surface area contributed by atoms with Gasteiger partial charge in [-0.25, -0.2) is 4.57 Å². The van der Waals surface area contributed by atoms with Gasteiger partial charge in [-0.2, -0.15) is 0 Å². The molecule has 28 heavy (non-hydrogen) atoms. The highest BCUT2D eigenvalue weighted by Crippen LogP contribution is 2.44. The first kappa shape index (κ1) is 21.7. The molecule has 4 N–H and O–H groups in total. The number of hydrogen-bond acceptors (Lipinski definition) is 3. The molecule has 1 aromatic rings. The maximum absolute atomic E-state index is 11.0. The van der Waals surface area contributed by atoms with Crippen LogP contribution in [-0.4, -0.2) is 21.9 Å².